The molecule has 1 saturated heterocycles. The molecule has 3 aromatic heterocycles. The number of carbonyl (C=O) groups is 1. The molecule has 134 valence electrons. The second kappa shape index (κ2) is 6.74. The lowest BCUT2D eigenvalue weighted by Gasteiger charge is -2.35. The number of piperidine rings is 1. The summed E-state index contributed by atoms with van der Waals surface area (Å²) in [6, 6.07) is 7.21. The van der Waals surface area contributed by atoms with Gasteiger partial charge in [0.2, 0.25) is 0 Å². The van der Waals surface area contributed by atoms with E-state index < -0.39 is 0 Å². The van der Waals surface area contributed by atoms with Crippen LogP contribution in [0.1, 0.15) is 47.2 Å². The van der Waals surface area contributed by atoms with Crippen molar-refractivity contribution in [3.05, 3.63) is 53.7 Å². The zero-order valence-corrected chi connectivity index (χ0v) is 14.9. The number of nitrogens with zero attached hydrogens (tertiary/aromatic N) is 5. The molecule has 1 aliphatic rings. The quantitative estimate of drug-likeness (QED) is 0.724. The molecule has 1 fully saturated rings. The van der Waals surface area contributed by atoms with E-state index in [-0.39, 0.29) is 11.9 Å². The summed E-state index contributed by atoms with van der Waals surface area (Å²) in [5.41, 5.74) is 3.03. The van der Waals surface area contributed by atoms with Crippen molar-refractivity contribution in [3.63, 3.8) is 0 Å². The van der Waals surface area contributed by atoms with Crippen molar-refractivity contribution in [2.24, 2.45) is 7.05 Å². The molecule has 0 unspecified atom stereocenters. The maximum Gasteiger partial charge on any atom is 0.273 e. The Kier molecular flexibility index (Phi) is 4.28. The van der Waals surface area contributed by atoms with Gasteiger partial charge < -0.3 is 9.42 Å². The molecule has 1 atom stereocenters. The molecule has 1 amide bonds. The van der Waals surface area contributed by atoms with Crippen LogP contribution in [-0.4, -0.2) is 37.3 Å². The molecule has 4 heterocycles. The number of aromatic nitrogens is 4. The minimum atomic E-state index is -0.0973. The van der Waals surface area contributed by atoms with E-state index in [1.165, 1.54) is 0 Å². The monoisotopic (exact) mass is 351 g/mol. The van der Waals surface area contributed by atoms with Crippen LogP contribution in [0.5, 0.6) is 0 Å². The minimum Gasteiger partial charge on any atom is -0.356 e. The SMILES string of the molecule is Cc1cc(-c2cn(C)nc2[C@@H]2CCCCN2C(=O)c2ccccn2)on1. The Hall–Kier alpha value is -2.96. The third kappa shape index (κ3) is 3.00. The Morgan fingerprint density at radius 1 is 1.31 bits per heavy atom. The predicted molar refractivity (Wildman–Crippen MR) is 95.3 cm³/mol. The Morgan fingerprint density at radius 2 is 2.19 bits per heavy atom. The van der Waals surface area contributed by atoms with E-state index in [2.05, 4.69) is 15.2 Å². The lowest BCUT2D eigenvalue weighted by atomic mass is 9.96. The highest BCUT2D eigenvalue weighted by molar-refractivity contribution is 5.92. The van der Waals surface area contributed by atoms with E-state index in [0.717, 1.165) is 36.2 Å². The second-order valence-corrected chi connectivity index (χ2v) is 6.66. The Morgan fingerprint density at radius 3 is 2.92 bits per heavy atom. The summed E-state index contributed by atoms with van der Waals surface area (Å²) in [6.07, 6.45) is 6.49. The minimum absolute atomic E-state index is 0.0550. The van der Waals surface area contributed by atoms with Crippen LogP contribution < -0.4 is 0 Å². The van der Waals surface area contributed by atoms with Gasteiger partial charge in [0.05, 0.1) is 23.0 Å². The third-order valence-corrected chi connectivity index (χ3v) is 4.71. The number of hydrogen-bond acceptors (Lipinski definition) is 5. The van der Waals surface area contributed by atoms with E-state index >= 15 is 0 Å². The fourth-order valence-corrected chi connectivity index (χ4v) is 3.53. The summed E-state index contributed by atoms with van der Waals surface area (Å²) in [4.78, 5) is 19.2. The normalized spacial score (nSPS) is 17.5. The molecule has 3 aromatic rings. The molecule has 0 bridgehead atoms. The van der Waals surface area contributed by atoms with Crippen LogP contribution >= 0.6 is 0 Å². The first-order valence-electron chi connectivity index (χ1n) is 8.82. The van der Waals surface area contributed by atoms with Crippen LogP contribution in [0.15, 0.2) is 41.2 Å². The Bertz CT molecular complexity index is 915. The van der Waals surface area contributed by atoms with Crippen molar-refractivity contribution >= 4 is 5.91 Å². The van der Waals surface area contributed by atoms with E-state index in [9.17, 15) is 4.79 Å². The van der Waals surface area contributed by atoms with Gasteiger partial charge in [-0.05, 0) is 38.3 Å². The molecule has 0 N–H and O–H groups in total. The molecular formula is C19H21N5O2. The molecule has 4 rings (SSSR count). The number of pyridine rings is 1. The molecular weight excluding hydrogens is 330 g/mol. The van der Waals surface area contributed by atoms with Crippen LogP contribution in [-0.2, 0) is 7.05 Å². The lowest BCUT2D eigenvalue weighted by Crippen LogP contribution is -2.39. The van der Waals surface area contributed by atoms with Crippen molar-refractivity contribution in [3.8, 4) is 11.3 Å². The first kappa shape index (κ1) is 16.5. The summed E-state index contributed by atoms with van der Waals surface area (Å²) >= 11 is 0. The summed E-state index contributed by atoms with van der Waals surface area (Å²) in [5, 5.41) is 8.65. The van der Waals surface area contributed by atoms with E-state index in [1.807, 2.05) is 43.3 Å². The molecule has 7 nitrogen and oxygen atoms in total. The molecule has 0 radical (unpaired) electrons. The van der Waals surface area contributed by atoms with Crippen molar-refractivity contribution in [1.82, 2.24) is 24.8 Å². The van der Waals surface area contributed by atoms with E-state index in [0.29, 0.717) is 18.0 Å². The highest BCUT2D eigenvalue weighted by Gasteiger charge is 2.33. The first-order valence-corrected chi connectivity index (χ1v) is 8.82. The zero-order chi connectivity index (χ0) is 18.1. The van der Waals surface area contributed by atoms with Crippen molar-refractivity contribution in [2.75, 3.05) is 6.54 Å². The van der Waals surface area contributed by atoms with Crippen LogP contribution in [0.25, 0.3) is 11.3 Å². The summed E-state index contributed by atoms with van der Waals surface area (Å²) in [5.74, 6) is 0.627. The maximum atomic E-state index is 13.0. The number of amides is 1. The largest absolute Gasteiger partial charge is 0.356 e. The number of aryl methyl sites for hydroxylation is 2. The van der Waals surface area contributed by atoms with Gasteiger partial charge in [-0.1, -0.05) is 11.2 Å². The number of hydrogen-bond donors (Lipinski definition) is 0. The van der Waals surface area contributed by atoms with Gasteiger partial charge in [-0.15, -0.1) is 0 Å². The fourth-order valence-electron chi connectivity index (χ4n) is 3.53. The molecule has 7 heteroatoms. The van der Waals surface area contributed by atoms with E-state index in [4.69, 9.17) is 4.52 Å². The summed E-state index contributed by atoms with van der Waals surface area (Å²) in [6.45, 7) is 2.59. The van der Waals surface area contributed by atoms with Gasteiger partial charge in [-0.3, -0.25) is 14.5 Å². The lowest BCUT2D eigenvalue weighted by molar-refractivity contribution is 0.0599. The van der Waals surface area contributed by atoms with Gasteiger partial charge in [0.1, 0.15) is 5.69 Å². The van der Waals surface area contributed by atoms with Crippen LogP contribution in [0.4, 0.5) is 0 Å². The first-order chi connectivity index (χ1) is 12.6. The average Bonchev–Trinajstić information content (AvgIpc) is 3.27. The number of carbonyl (C=O) groups excluding carboxylic acids is 1. The van der Waals surface area contributed by atoms with Crippen molar-refractivity contribution < 1.29 is 9.32 Å². The molecule has 0 spiro atoms. The van der Waals surface area contributed by atoms with E-state index in [1.54, 1.807) is 16.9 Å². The zero-order valence-electron chi connectivity index (χ0n) is 14.9. The van der Waals surface area contributed by atoms with Crippen molar-refractivity contribution in [1.29, 1.82) is 0 Å². The molecule has 0 aromatic carbocycles. The van der Waals surface area contributed by atoms with Gasteiger partial charge in [0.15, 0.2) is 5.76 Å². The highest BCUT2D eigenvalue weighted by atomic mass is 16.5. The molecule has 0 aliphatic carbocycles. The topological polar surface area (TPSA) is 77.0 Å². The van der Waals surface area contributed by atoms with Crippen LogP contribution in [0.3, 0.4) is 0 Å². The fraction of sp³-hybridized carbons (Fsp3) is 0.368. The van der Waals surface area contributed by atoms with Crippen molar-refractivity contribution in [2.45, 2.75) is 32.2 Å². The number of rotatable bonds is 3. The maximum absolute atomic E-state index is 13.0. The molecule has 26 heavy (non-hydrogen) atoms. The summed E-state index contributed by atoms with van der Waals surface area (Å²) < 4.78 is 7.22. The van der Waals surface area contributed by atoms with Crippen LogP contribution in [0.2, 0.25) is 0 Å². The second-order valence-electron chi connectivity index (χ2n) is 6.66. The Balaban J connectivity index is 1.72. The van der Waals surface area contributed by atoms with Gasteiger partial charge in [-0.2, -0.15) is 5.10 Å². The summed E-state index contributed by atoms with van der Waals surface area (Å²) in [7, 11) is 1.88. The van der Waals surface area contributed by atoms with Crippen LogP contribution in [0, 0.1) is 6.92 Å². The van der Waals surface area contributed by atoms with Gasteiger partial charge in [0.25, 0.3) is 5.91 Å². The molecule has 0 saturated carbocycles. The van der Waals surface area contributed by atoms with Gasteiger partial charge >= 0.3 is 0 Å². The highest BCUT2D eigenvalue weighted by Crippen LogP contribution is 2.36. The van der Waals surface area contributed by atoms with Gasteiger partial charge in [-0.25, -0.2) is 0 Å². The average molecular weight is 351 g/mol. The molecule has 1 aliphatic heterocycles. The van der Waals surface area contributed by atoms with Gasteiger partial charge in [0, 0.05) is 32.1 Å². The third-order valence-electron chi connectivity index (χ3n) is 4.71. The Labute approximate surface area is 151 Å². The number of likely N-dealkylation sites (tertiary alicyclic amines) is 1. The predicted octanol–water partition coefficient (Wildman–Crippen LogP) is 3.15. The smallest absolute Gasteiger partial charge is 0.273 e. The standard InChI is InChI=1S/C19H21N5O2/c1-13-11-17(26-22-13)14-12-23(2)21-18(14)16-8-4-6-10-24(16)19(25)15-7-3-5-9-20-15/h3,5,7,9,11-12,16H,4,6,8,10H2,1-2H3/t16-/m0/s1.